The minimum Gasteiger partial charge on any atom is -0.454 e. The van der Waals surface area contributed by atoms with Crippen molar-refractivity contribution in [2.45, 2.75) is 64.1 Å². The van der Waals surface area contributed by atoms with Gasteiger partial charge in [-0.05, 0) is 95.9 Å². The van der Waals surface area contributed by atoms with Gasteiger partial charge in [-0.3, -0.25) is 4.34 Å². The van der Waals surface area contributed by atoms with Crippen molar-refractivity contribution in [2.75, 3.05) is 31.1 Å². The van der Waals surface area contributed by atoms with E-state index in [-0.39, 0.29) is 22.3 Å². The van der Waals surface area contributed by atoms with Crippen LogP contribution in [-0.2, 0) is 4.74 Å². The van der Waals surface area contributed by atoms with E-state index in [1.807, 2.05) is 32.9 Å². The van der Waals surface area contributed by atoms with Gasteiger partial charge in [0.15, 0.2) is 22.5 Å². The molecule has 298 valence electrons. The van der Waals surface area contributed by atoms with Crippen molar-refractivity contribution in [1.29, 1.82) is 0 Å². The molecule has 55 heavy (non-hydrogen) atoms. The van der Waals surface area contributed by atoms with E-state index in [9.17, 15) is 4.79 Å². The Bertz CT molecular complexity index is 1880. The molecule has 0 aliphatic carbocycles. The highest BCUT2D eigenvalue weighted by molar-refractivity contribution is 9.10. The number of carbonyl (C=O) groups is 1. The van der Waals surface area contributed by atoms with E-state index in [4.69, 9.17) is 72.2 Å². The van der Waals surface area contributed by atoms with E-state index in [1.54, 1.807) is 42.6 Å². The van der Waals surface area contributed by atoms with Crippen molar-refractivity contribution < 1.29 is 19.0 Å². The molecule has 18 heteroatoms. The molecule has 1 amide bonds. The Balaban J connectivity index is 0.000000223. The standard InChI is InChI=1S/C21H24BrCl2N3O3.C11H5BrCl3NO.C5H11BrN2/c1-21(2,3)30-20(28)26-14-7-10-27(11-8-14)19-18(24)17(6-9-25-19)29-16-5-4-13(22)12-15(16)23;12-6-1-2-8(7(13)5-6)17-9-3-4-16-11(15)10(9)14;6-8-5-1-3-7-4-2-5/h4-6,9,12,14H,7-8,10-11H2,1-3H3,(H,26,28);1-5H;5,7-8H,1-4H2. The van der Waals surface area contributed by atoms with Crippen molar-refractivity contribution in [2.24, 2.45) is 0 Å². The van der Waals surface area contributed by atoms with Gasteiger partial charge in [-0.15, -0.1) is 0 Å². The molecule has 0 bridgehead atoms. The molecule has 0 radical (unpaired) electrons. The Morgan fingerprint density at radius 2 is 1.29 bits per heavy atom. The zero-order valence-corrected chi connectivity index (χ0v) is 38.6. The maximum absolute atomic E-state index is 12.0. The summed E-state index contributed by atoms with van der Waals surface area (Å²) in [6.07, 6.45) is 6.79. The van der Waals surface area contributed by atoms with Crippen molar-refractivity contribution in [3.63, 3.8) is 0 Å². The number of aromatic nitrogens is 2. The molecule has 10 nitrogen and oxygen atoms in total. The minimum atomic E-state index is -0.513. The summed E-state index contributed by atoms with van der Waals surface area (Å²) in [7, 11) is 0. The maximum Gasteiger partial charge on any atom is 0.407 e. The number of piperidine rings is 2. The number of halogens is 8. The number of alkyl carbamates (subject to hydrolysis) is 1. The van der Waals surface area contributed by atoms with E-state index in [0.29, 0.717) is 63.0 Å². The number of ether oxygens (including phenoxy) is 3. The smallest absolute Gasteiger partial charge is 0.407 e. The van der Waals surface area contributed by atoms with Gasteiger partial charge in [0.25, 0.3) is 0 Å². The summed E-state index contributed by atoms with van der Waals surface area (Å²) in [5.74, 6) is 2.56. The van der Waals surface area contributed by atoms with Crippen molar-refractivity contribution >= 4 is 118 Å². The highest BCUT2D eigenvalue weighted by Crippen LogP contribution is 2.39. The zero-order valence-electron chi connectivity index (χ0n) is 30.1. The Hall–Kier alpha value is -1.78. The number of hydrogen-bond acceptors (Lipinski definition) is 9. The zero-order chi connectivity index (χ0) is 40.1. The molecule has 2 saturated heterocycles. The van der Waals surface area contributed by atoms with Crippen LogP contribution in [-0.4, -0.2) is 59.9 Å². The van der Waals surface area contributed by atoms with E-state index < -0.39 is 5.60 Å². The first-order valence-corrected chi connectivity index (χ1v) is 21.4. The molecule has 0 atom stereocenters. The Labute approximate surface area is 372 Å². The minimum absolute atomic E-state index is 0.0517. The lowest BCUT2D eigenvalue weighted by molar-refractivity contribution is 0.0497. The van der Waals surface area contributed by atoms with Crippen LogP contribution < -0.4 is 29.4 Å². The molecule has 2 fully saturated rings. The lowest BCUT2D eigenvalue weighted by Gasteiger charge is -2.34. The van der Waals surface area contributed by atoms with Gasteiger partial charge in [0.1, 0.15) is 27.1 Å². The molecular formula is C37H40Br3Cl5N6O4. The first-order valence-electron chi connectivity index (χ1n) is 17.1. The van der Waals surface area contributed by atoms with Gasteiger partial charge in [-0.2, -0.15) is 0 Å². The third-order valence-electron chi connectivity index (χ3n) is 7.88. The van der Waals surface area contributed by atoms with Crippen LogP contribution in [0.25, 0.3) is 0 Å². The van der Waals surface area contributed by atoms with Crippen LogP contribution in [0.2, 0.25) is 25.2 Å². The fourth-order valence-corrected chi connectivity index (χ4v) is 7.64. The van der Waals surface area contributed by atoms with Gasteiger partial charge in [0.05, 0.1) is 10.0 Å². The average molecular weight is 1050 g/mol. The fourth-order valence-electron chi connectivity index (χ4n) is 5.19. The second kappa shape index (κ2) is 22.4. The molecule has 4 aromatic rings. The molecule has 2 aliphatic heterocycles. The molecule has 0 spiro atoms. The van der Waals surface area contributed by atoms with Gasteiger partial charge in [-0.25, -0.2) is 14.8 Å². The molecule has 2 aromatic heterocycles. The van der Waals surface area contributed by atoms with Gasteiger partial charge in [0, 0.05) is 74.8 Å². The summed E-state index contributed by atoms with van der Waals surface area (Å²) in [5, 5.41) is 8.05. The van der Waals surface area contributed by atoms with Crippen LogP contribution in [0.3, 0.4) is 0 Å². The molecule has 6 rings (SSSR count). The van der Waals surface area contributed by atoms with E-state index in [2.05, 4.69) is 77.9 Å². The molecule has 0 unspecified atom stereocenters. The van der Waals surface area contributed by atoms with Crippen LogP contribution in [0.5, 0.6) is 23.0 Å². The third-order valence-corrected chi connectivity index (χ3v) is 11.2. The first kappa shape index (κ1) is 45.9. The van der Waals surface area contributed by atoms with Gasteiger partial charge in [-0.1, -0.05) is 89.9 Å². The van der Waals surface area contributed by atoms with Crippen LogP contribution in [0.4, 0.5) is 10.6 Å². The van der Waals surface area contributed by atoms with Crippen LogP contribution in [0.15, 0.2) is 69.9 Å². The normalized spacial score (nSPS) is 14.9. The number of nitrogens with one attached hydrogen (secondary N) is 3. The second-order valence-corrected chi connectivity index (χ2v) is 17.5. The van der Waals surface area contributed by atoms with Gasteiger partial charge >= 0.3 is 6.09 Å². The summed E-state index contributed by atoms with van der Waals surface area (Å²) in [6.45, 7) is 9.26. The number of rotatable bonds is 7. The SMILES string of the molecule is BrNC1CCNCC1.CC(C)(C)OC(=O)NC1CCN(c2nccc(Oc3ccc(Br)cc3Cl)c2Cl)CC1.Clc1cc(Br)ccc1Oc1ccnc(Cl)c1Cl. The van der Waals surface area contributed by atoms with Gasteiger partial charge in [0.2, 0.25) is 0 Å². The Kier molecular flexibility index (Phi) is 18.7. The predicted molar refractivity (Wildman–Crippen MR) is 235 cm³/mol. The molecular weight excluding hydrogens is 1010 g/mol. The topological polar surface area (TPSA) is 110 Å². The maximum atomic E-state index is 12.0. The molecule has 3 N–H and O–H groups in total. The monoisotopic (exact) mass is 1040 g/mol. The molecule has 4 heterocycles. The van der Waals surface area contributed by atoms with E-state index >= 15 is 0 Å². The summed E-state index contributed by atoms with van der Waals surface area (Å²) < 4.78 is 21.6. The molecule has 2 aromatic carbocycles. The number of amides is 1. The number of benzene rings is 2. The van der Waals surface area contributed by atoms with Crippen molar-refractivity contribution in [3.8, 4) is 23.0 Å². The number of pyridine rings is 2. The number of anilines is 1. The van der Waals surface area contributed by atoms with Crippen LogP contribution >= 0.6 is 106 Å². The van der Waals surface area contributed by atoms with E-state index in [0.717, 1.165) is 34.9 Å². The number of carbonyl (C=O) groups excluding carboxylic acids is 1. The van der Waals surface area contributed by atoms with Crippen LogP contribution in [0.1, 0.15) is 46.5 Å². The number of hydrogen-bond donors (Lipinski definition) is 3. The third kappa shape index (κ3) is 15.2. The summed E-state index contributed by atoms with van der Waals surface area (Å²) >= 11 is 40.5. The number of nitrogens with zero attached hydrogens (tertiary/aromatic N) is 3. The van der Waals surface area contributed by atoms with Crippen LogP contribution in [0, 0.1) is 0 Å². The fraction of sp³-hybridized carbons (Fsp3) is 0.378. The Morgan fingerprint density at radius 1 is 0.764 bits per heavy atom. The highest BCUT2D eigenvalue weighted by atomic mass is 79.9. The average Bonchev–Trinajstić information content (AvgIpc) is 3.14. The van der Waals surface area contributed by atoms with E-state index in [1.165, 1.54) is 19.0 Å². The molecule has 2 aliphatic rings. The summed E-state index contributed by atoms with van der Waals surface area (Å²) in [6, 6.07) is 14.7. The highest BCUT2D eigenvalue weighted by Gasteiger charge is 2.26. The molecule has 0 saturated carbocycles. The lowest BCUT2D eigenvalue weighted by atomic mass is 10.1. The summed E-state index contributed by atoms with van der Waals surface area (Å²) in [5.41, 5.74) is -0.513. The second-order valence-electron chi connectivity index (χ2n) is 13.3. The largest absolute Gasteiger partial charge is 0.454 e. The predicted octanol–water partition coefficient (Wildman–Crippen LogP) is 12.7. The Morgan fingerprint density at radius 3 is 1.78 bits per heavy atom. The van der Waals surface area contributed by atoms with Crippen molar-refractivity contribution in [3.05, 3.63) is 95.1 Å². The first-order chi connectivity index (χ1) is 26.1. The quantitative estimate of drug-likeness (QED) is 0.123. The van der Waals surface area contributed by atoms with Gasteiger partial charge < -0.3 is 29.7 Å². The lowest BCUT2D eigenvalue weighted by Crippen LogP contribution is -2.46. The summed E-state index contributed by atoms with van der Waals surface area (Å²) in [4.78, 5) is 22.3. The van der Waals surface area contributed by atoms with Crippen molar-refractivity contribution in [1.82, 2.24) is 24.9 Å².